The Bertz CT molecular complexity index is 382. The van der Waals surface area contributed by atoms with Gasteiger partial charge in [0, 0.05) is 18.8 Å². The first-order valence-electron chi connectivity index (χ1n) is 6.41. The maximum absolute atomic E-state index is 13.0. The van der Waals surface area contributed by atoms with E-state index in [0.29, 0.717) is 5.56 Å². The molecule has 1 aromatic heterocycles. The molecular formula is C13H21F3N2. The minimum atomic E-state index is -4.37. The molecule has 0 fully saturated rings. The van der Waals surface area contributed by atoms with Crippen LogP contribution in [0.1, 0.15) is 57.2 Å². The van der Waals surface area contributed by atoms with Gasteiger partial charge in [0.15, 0.2) is 5.69 Å². The highest BCUT2D eigenvalue weighted by Gasteiger charge is 2.39. The smallest absolute Gasteiger partial charge is 0.275 e. The van der Waals surface area contributed by atoms with Crippen LogP contribution in [0.2, 0.25) is 0 Å². The average Bonchev–Trinajstić information content (AvgIpc) is 2.66. The van der Waals surface area contributed by atoms with Crippen molar-refractivity contribution in [3.05, 3.63) is 17.5 Å². The van der Waals surface area contributed by atoms with Gasteiger partial charge in [-0.3, -0.25) is 4.68 Å². The number of hydrogen-bond acceptors (Lipinski definition) is 1. The standard InChI is InChI=1S/C13H21F3N2/c1-5-7-10(9(3)6-2)11-8-18(4)17-12(11)13(14,15)16/h8-10H,5-7H2,1-4H3. The molecule has 1 rings (SSSR count). The van der Waals surface area contributed by atoms with E-state index in [1.807, 2.05) is 20.8 Å². The fourth-order valence-electron chi connectivity index (χ4n) is 2.34. The van der Waals surface area contributed by atoms with E-state index < -0.39 is 11.9 Å². The predicted molar refractivity (Wildman–Crippen MR) is 65.3 cm³/mol. The second-order valence-electron chi connectivity index (χ2n) is 4.89. The van der Waals surface area contributed by atoms with Crippen LogP contribution in [-0.2, 0) is 13.2 Å². The van der Waals surface area contributed by atoms with Gasteiger partial charge in [-0.05, 0) is 18.3 Å². The van der Waals surface area contributed by atoms with Crippen molar-refractivity contribution in [2.75, 3.05) is 0 Å². The molecule has 0 aliphatic heterocycles. The van der Waals surface area contributed by atoms with Gasteiger partial charge in [-0.15, -0.1) is 0 Å². The molecule has 0 saturated carbocycles. The van der Waals surface area contributed by atoms with Gasteiger partial charge in [0.1, 0.15) is 0 Å². The van der Waals surface area contributed by atoms with E-state index in [2.05, 4.69) is 5.10 Å². The molecule has 0 N–H and O–H groups in total. The van der Waals surface area contributed by atoms with E-state index in [-0.39, 0.29) is 11.8 Å². The zero-order valence-electron chi connectivity index (χ0n) is 11.4. The molecule has 0 aliphatic rings. The molecule has 5 heteroatoms. The Labute approximate surface area is 106 Å². The summed E-state index contributed by atoms with van der Waals surface area (Å²) in [6, 6.07) is 0. The molecule has 0 aromatic carbocycles. The highest BCUT2D eigenvalue weighted by atomic mass is 19.4. The van der Waals surface area contributed by atoms with Crippen LogP contribution in [0.3, 0.4) is 0 Å². The fraction of sp³-hybridized carbons (Fsp3) is 0.769. The molecule has 0 bridgehead atoms. The normalized spacial score (nSPS) is 15.7. The maximum Gasteiger partial charge on any atom is 0.435 e. The number of aryl methyl sites for hydroxylation is 1. The summed E-state index contributed by atoms with van der Waals surface area (Å²) < 4.78 is 40.1. The summed E-state index contributed by atoms with van der Waals surface area (Å²) in [5.74, 6) is 0.167. The second kappa shape index (κ2) is 5.76. The first-order chi connectivity index (χ1) is 8.31. The highest BCUT2D eigenvalue weighted by molar-refractivity contribution is 5.25. The third kappa shape index (κ3) is 3.27. The number of nitrogens with zero attached hydrogens (tertiary/aromatic N) is 2. The molecule has 18 heavy (non-hydrogen) atoms. The molecule has 0 amide bonds. The van der Waals surface area contributed by atoms with Crippen molar-refractivity contribution in [3.63, 3.8) is 0 Å². The second-order valence-corrected chi connectivity index (χ2v) is 4.89. The van der Waals surface area contributed by atoms with Crippen molar-refractivity contribution in [1.82, 2.24) is 9.78 Å². The number of halogens is 3. The monoisotopic (exact) mass is 262 g/mol. The lowest BCUT2D eigenvalue weighted by molar-refractivity contribution is -0.142. The molecule has 0 aliphatic carbocycles. The minimum Gasteiger partial charge on any atom is -0.275 e. The van der Waals surface area contributed by atoms with E-state index in [1.54, 1.807) is 7.05 Å². The lowest BCUT2D eigenvalue weighted by Crippen LogP contribution is -2.15. The fourth-order valence-corrected chi connectivity index (χ4v) is 2.34. The van der Waals surface area contributed by atoms with Crippen LogP contribution in [0, 0.1) is 5.92 Å². The molecule has 1 aromatic rings. The summed E-state index contributed by atoms with van der Waals surface area (Å²) in [4.78, 5) is 0. The Morgan fingerprint density at radius 1 is 1.33 bits per heavy atom. The predicted octanol–water partition coefficient (Wildman–Crippen LogP) is 4.37. The van der Waals surface area contributed by atoms with Crippen molar-refractivity contribution in [1.29, 1.82) is 0 Å². The SMILES string of the molecule is CCCC(c1cn(C)nc1C(F)(F)F)C(C)CC. The van der Waals surface area contributed by atoms with Crippen molar-refractivity contribution < 1.29 is 13.2 Å². The van der Waals surface area contributed by atoms with Gasteiger partial charge in [-0.2, -0.15) is 18.3 Å². The Kier molecular flexibility index (Phi) is 4.82. The van der Waals surface area contributed by atoms with Gasteiger partial charge < -0.3 is 0 Å². The third-order valence-electron chi connectivity index (χ3n) is 3.46. The lowest BCUT2D eigenvalue weighted by atomic mass is 9.82. The Balaban J connectivity index is 3.19. The van der Waals surface area contributed by atoms with E-state index in [9.17, 15) is 13.2 Å². The third-order valence-corrected chi connectivity index (χ3v) is 3.46. The van der Waals surface area contributed by atoms with E-state index in [4.69, 9.17) is 0 Å². The molecule has 0 saturated heterocycles. The van der Waals surface area contributed by atoms with Crippen LogP contribution in [0.15, 0.2) is 6.20 Å². The topological polar surface area (TPSA) is 17.8 Å². The van der Waals surface area contributed by atoms with Crippen molar-refractivity contribution in [2.45, 2.75) is 52.1 Å². The molecule has 104 valence electrons. The van der Waals surface area contributed by atoms with Crippen LogP contribution in [-0.4, -0.2) is 9.78 Å². The minimum absolute atomic E-state index is 0.0645. The summed E-state index contributed by atoms with van der Waals surface area (Å²) in [6.45, 7) is 6.02. The van der Waals surface area contributed by atoms with Crippen LogP contribution in [0.4, 0.5) is 13.2 Å². The van der Waals surface area contributed by atoms with E-state index in [0.717, 1.165) is 19.3 Å². The van der Waals surface area contributed by atoms with Gasteiger partial charge in [0.05, 0.1) is 0 Å². The zero-order valence-corrected chi connectivity index (χ0v) is 11.4. The molecule has 2 atom stereocenters. The summed E-state index contributed by atoms with van der Waals surface area (Å²) >= 11 is 0. The van der Waals surface area contributed by atoms with Gasteiger partial charge in [0.25, 0.3) is 0 Å². The maximum atomic E-state index is 13.0. The first-order valence-corrected chi connectivity index (χ1v) is 6.41. The molecular weight excluding hydrogens is 241 g/mol. The summed E-state index contributed by atoms with van der Waals surface area (Å²) in [5, 5.41) is 3.59. The van der Waals surface area contributed by atoms with Crippen molar-refractivity contribution in [3.8, 4) is 0 Å². The first kappa shape index (κ1) is 15.1. The van der Waals surface area contributed by atoms with Gasteiger partial charge in [-0.1, -0.05) is 33.6 Å². The summed E-state index contributed by atoms with van der Waals surface area (Å²) in [7, 11) is 1.54. The summed E-state index contributed by atoms with van der Waals surface area (Å²) in [6.07, 6.45) is -0.326. The molecule has 2 nitrogen and oxygen atoms in total. The van der Waals surface area contributed by atoms with E-state index in [1.165, 1.54) is 10.9 Å². The van der Waals surface area contributed by atoms with Crippen LogP contribution in [0.25, 0.3) is 0 Å². The molecule has 1 heterocycles. The van der Waals surface area contributed by atoms with Crippen LogP contribution in [0.5, 0.6) is 0 Å². The number of aromatic nitrogens is 2. The number of alkyl halides is 3. The number of rotatable bonds is 5. The Hall–Kier alpha value is -1.00. The molecule has 0 radical (unpaired) electrons. The van der Waals surface area contributed by atoms with Crippen molar-refractivity contribution >= 4 is 0 Å². The Morgan fingerprint density at radius 2 is 1.94 bits per heavy atom. The quantitative estimate of drug-likeness (QED) is 0.770. The number of hydrogen-bond donors (Lipinski definition) is 0. The zero-order chi connectivity index (χ0) is 13.9. The van der Waals surface area contributed by atoms with Gasteiger partial charge in [-0.25, -0.2) is 0 Å². The lowest BCUT2D eigenvalue weighted by Gasteiger charge is -2.23. The summed E-state index contributed by atoms with van der Waals surface area (Å²) in [5.41, 5.74) is -0.370. The van der Waals surface area contributed by atoms with Crippen molar-refractivity contribution in [2.24, 2.45) is 13.0 Å². The highest BCUT2D eigenvalue weighted by Crippen LogP contribution is 2.39. The average molecular weight is 262 g/mol. The molecule has 0 spiro atoms. The van der Waals surface area contributed by atoms with Crippen LogP contribution < -0.4 is 0 Å². The van der Waals surface area contributed by atoms with Gasteiger partial charge >= 0.3 is 6.18 Å². The Morgan fingerprint density at radius 3 is 2.39 bits per heavy atom. The van der Waals surface area contributed by atoms with Gasteiger partial charge in [0.2, 0.25) is 0 Å². The van der Waals surface area contributed by atoms with E-state index >= 15 is 0 Å². The largest absolute Gasteiger partial charge is 0.435 e. The molecule has 2 unspecified atom stereocenters. The van der Waals surface area contributed by atoms with Crippen LogP contribution >= 0.6 is 0 Å².